The Hall–Kier alpha value is -0.910. The average molecular weight is 339 g/mol. The van der Waals surface area contributed by atoms with E-state index in [9.17, 15) is 4.79 Å². The van der Waals surface area contributed by atoms with Crippen LogP contribution in [0, 0.1) is 0 Å². The molecule has 1 aromatic carbocycles. The van der Waals surface area contributed by atoms with Crippen LogP contribution < -0.4 is 10.6 Å². The Morgan fingerprint density at radius 3 is 3.11 bits per heavy atom. The third-order valence-electron chi connectivity index (χ3n) is 3.36. The smallest absolute Gasteiger partial charge is 0.261 e. The molecule has 1 fully saturated rings. The quantitative estimate of drug-likeness (QED) is 0.883. The minimum absolute atomic E-state index is 0.0433. The summed E-state index contributed by atoms with van der Waals surface area (Å²) in [5.41, 5.74) is 0. The third kappa shape index (κ3) is 2.83. The SMILES string of the molecule is O=C(N[C@@H]1CCCNC1)c1cc2c(Br)cccc2s1. The Bertz CT molecular complexity index is 605. The van der Waals surface area contributed by atoms with Crippen molar-refractivity contribution in [2.45, 2.75) is 18.9 Å². The monoisotopic (exact) mass is 338 g/mol. The summed E-state index contributed by atoms with van der Waals surface area (Å²) in [6.45, 7) is 1.93. The lowest BCUT2D eigenvalue weighted by Crippen LogP contribution is -2.45. The summed E-state index contributed by atoms with van der Waals surface area (Å²) in [5.74, 6) is 0.0433. The highest BCUT2D eigenvalue weighted by atomic mass is 79.9. The van der Waals surface area contributed by atoms with E-state index in [0.29, 0.717) is 0 Å². The largest absolute Gasteiger partial charge is 0.347 e. The summed E-state index contributed by atoms with van der Waals surface area (Å²) in [6, 6.07) is 8.27. The van der Waals surface area contributed by atoms with Crippen molar-refractivity contribution in [1.29, 1.82) is 0 Å². The van der Waals surface area contributed by atoms with E-state index in [-0.39, 0.29) is 11.9 Å². The molecule has 1 aliphatic rings. The number of carbonyl (C=O) groups is 1. The maximum Gasteiger partial charge on any atom is 0.261 e. The third-order valence-corrected chi connectivity index (χ3v) is 5.15. The molecule has 0 aliphatic carbocycles. The van der Waals surface area contributed by atoms with E-state index in [1.807, 2.05) is 24.3 Å². The lowest BCUT2D eigenvalue weighted by atomic mass is 10.1. The molecule has 1 amide bonds. The van der Waals surface area contributed by atoms with Gasteiger partial charge in [-0.3, -0.25) is 4.79 Å². The highest BCUT2D eigenvalue weighted by Crippen LogP contribution is 2.31. The van der Waals surface area contributed by atoms with Gasteiger partial charge in [0.25, 0.3) is 5.91 Å². The highest BCUT2D eigenvalue weighted by molar-refractivity contribution is 9.10. The number of carbonyl (C=O) groups excluding carboxylic acids is 1. The minimum atomic E-state index is 0.0433. The van der Waals surface area contributed by atoms with Crippen molar-refractivity contribution in [3.05, 3.63) is 33.6 Å². The molecule has 1 aliphatic heterocycles. The Morgan fingerprint density at radius 1 is 1.47 bits per heavy atom. The zero-order chi connectivity index (χ0) is 13.2. The van der Waals surface area contributed by atoms with Crippen LogP contribution >= 0.6 is 27.3 Å². The number of piperidine rings is 1. The molecule has 2 N–H and O–H groups in total. The van der Waals surface area contributed by atoms with Crippen molar-refractivity contribution in [2.75, 3.05) is 13.1 Å². The number of fused-ring (bicyclic) bond motifs is 1. The zero-order valence-corrected chi connectivity index (χ0v) is 12.8. The van der Waals surface area contributed by atoms with Gasteiger partial charge in [0.2, 0.25) is 0 Å². The van der Waals surface area contributed by atoms with Crippen LogP contribution in [-0.4, -0.2) is 25.0 Å². The number of rotatable bonds is 2. The highest BCUT2D eigenvalue weighted by Gasteiger charge is 2.18. The molecule has 1 saturated heterocycles. The normalized spacial score (nSPS) is 19.5. The van der Waals surface area contributed by atoms with Gasteiger partial charge >= 0.3 is 0 Å². The lowest BCUT2D eigenvalue weighted by molar-refractivity contribution is 0.0935. The second kappa shape index (κ2) is 5.61. The number of benzene rings is 1. The van der Waals surface area contributed by atoms with Crippen LogP contribution in [0.1, 0.15) is 22.5 Å². The molecule has 5 heteroatoms. The van der Waals surface area contributed by atoms with Gasteiger partial charge in [0.1, 0.15) is 0 Å². The Kier molecular flexibility index (Phi) is 3.86. The van der Waals surface area contributed by atoms with Gasteiger partial charge in [-0.15, -0.1) is 11.3 Å². The molecule has 2 heterocycles. The van der Waals surface area contributed by atoms with E-state index in [1.54, 1.807) is 11.3 Å². The summed E-state index contributed by atoms with van der Waals surface area (Å²) in [4.78, 5) is 13.0. The molecule has 2 aromatic rings. The number of hydrogen-bond acceptors (Lipinski definition) is 3. The molecule has 1 atom stereocenters. The zero-order valence-electron chi connectivity index (χ0n) is 10.4. The number of amides is 1. The second-order valence-corrected chi connectivity index (χ2v) is 6.72. The fourth-order valence-electron chi connectivity index (χ4n) is 2.37. The number of nitrogens with one attached hydrogen (secondary N) is 2. The van der Waals surface area contributed by atoms with Crippen molar-refractivity contribution in [2.24, 2.45) is 0 Å². The van der Waals surface area contributed by atoms with E-state index in [4.69, 9.17) is 0 Å². The van der Waals surface area contributed by atoms with Crippen LogP contribution in [0.5, 0.6) is 0 Å². The van der Waals surface area contributed by atoms with Gasteiger partial charge in [-0.2, -0.15) is 0 Å². The van der Waals surface area contributed by atoms with Gasteiger partial charge in [0.05, 0.1) is 4.88 Å². The maximum absolute atomic E-state index is 12.3. The summed E-state index contributed by atoms with van der Waals surface area (Å²) in [6.07, 6.45) is 2.19. The molecule has 0 radical (unpaired) electrons. The molecule has 0 unspecified atom stereocenters. The summed E-state index contributed by atoms with van der Waals surface area (Å²) in [5, 5.41) is 7.53. The van der Waals surface area contributed by atoms with Crippen LogP contribution in [0.4, 0.5) is 0 Å². The molecule has 0 saturated carbocycles. The summed E-state index contributed by atoms with van der Waals surface area (Å²) < 4.78 is 2.18. The summed E-state index contributed by atoms with van der Waals surface area (Å²) in [7, 11) is 0. The standard InChI is InChI=1S/C14H15BrN2OS/c15-11-4-1-5-12-10(11)7-13(19-12)14(18)17-9-3-2-6-16-8-9/h1,4-5,7,9,16H,2-3,6,8H2,(H,17,18)/t9-/m1/s1. The molecular weight excluding hydrogens is 324 g/mol. The van der Waals surface area contributed by atoms with Crippen molar-refractivity contribution in [3.63, 3.8) is 0 Å². The van der Waals surface area contributed by atoms with E-state index in [0.717, 1.165) is 45.4 Å². The van der Waals surface area contributed by atoms with Crippen molar-refractivity contribution in [1.82, 2.24) is 10.6 Å². The molecule has 0 spiro atoms. The van der Waals surface area contributed by atoms with Gasteiger partial charge in [-0.25, -0.2) is 0 Å². The van der Waals surface area contributed by atoms with Gasteiger partial charge in [-0.05, 0) is 37.6 Å². The van der Waals surface area contributed by atoms with Crippen LogP contribution in [-0.2, 0) is 0 Å². The first-order valence-corrected chi connectivity index (χ1v) is 8.04. The summed E-state index contributed by atoms with van der Waals surface area (Å²) >= 11 is 5.07. The van der Waals surface area contributed by atoms with Crippen molar-refractivity contribution >= 4 is 43.3 Å². The minimum Gasteiger partial charge on any atom is -0.347 e. The predicted octanol–water partition coefficient (Wildman–Crippen LogP) is 3.15. The Labute approximate surface area is 124 Å². The fourth-order valence-corrected chi connectivity index (χ4v) is 3.97. The maximum atomic E-state index is 12.3. The second-order valence-electron chi connectivity index (χ2n) is 4.78. The van der Waals surface area contributed by atoms with Gasteiger partial charge in [-0.1, -0.05) is 22.0 Å². The first kappa shape index (κ1) is 13.1. The number of hydrogen-bond donors (Lipinski definition) is 2. The van der Waals surface area contributed by atoms with Gasteiger partial charge < -0.3 is 10.6 Å². The van der Waals surface area contributed by atoms with Gasteiger partial charge in [0, 0.05) is 27.1 Å². The van der Waals surface area contributed by atoms with Gasteiger partial charge in [0.15, 0.2) is 0 Å². The van der Waals surface area contributed by atoms with Crippen LogP contribution in [0.2, 0.25) is 0 Å². The molecule has 3 nitrogen and oxygen atoms in total. The van der Waals surface area contributed by atoms with E-state index in [1.165, 1.54) is 0 Å². The Morgan fingerprint density at radius 2 is 2.37 bits per heavy atom. The molecular formula is C14H15BrN2OS. The Balaban J connectivity index is 1.79. The predicted molar refractivity (Wildman–Crippen MR) is 82.9 cm³/mol. The van der Waals surface area contributed by atoms with Crippen LogP contribution in [0.25, 0.3) is 10.1 Å². The molecule has 3 rings (SSSR count). The first-order chi connectivity index (χ1) is 9.24. The van der Waals surface area contributed by atoms with Crippen molar-refractivity contribution < 1.29 is 4.79 Å². The van der Waals surface area contributed by atoms with Crippen LogP contribution in [0.3, 0.4) is 0 Å². The number of thiophene rings is 1. The topological polar surface area (TPSA) is 41.1 Å². The molecule has 100 valence electrons. The fraction of sp³-hybridized carbons (Fsp3) is 0.357. The first-order valence-electron chi connectivity index (χ1n) is 6.44. The number of halogens is 1. The molecule has 0 bridgehead atoms. The molecule has 19 heavy (non-hydrogen) atoms. The van der Waals surface area contributed by atoms with Crippen molar-refractivity contribution in [3.8, 4) is 0 Å². The van der Waals surface area contributed by atoms with Crippen LogP contribution in [0.15, 0.2) is 28.7 Å². The van der Waals surface area contributed by atoms with E-state index < -0.39 is 0 Å². The lowest BCUT2D eigenvalue weighted by Gasteiger charge is -2.23. The van der Waals surface area contributed by atoms with E-state index >= 15 is 0 Å². The average Bonchev–Trinajstić information content (AvgIpc) is 2.85. The molecule has 1 aromatic heterocycles. The van der Waals surface area contributed by atoms with E-state index in [2.05, 4.69) is 26.6 Å².